The van der Waals surface area contributed by atoms with Gasteiger partial charge >= 0.3 is 0 Å². The van der Waals surface area contributed by atoms with Gasteiger partial charge in [0, 0.05) is 0 Å². The molecule has 2 rings (SSSR count). The molecule has 0 unspecified atom stereocenters. The van der Waals surface area contributed by atoms with Crippen LogP contribution in [0.4, 0.5) is 11.4 Å². The van der Waals surface area contributed by atoms with Gasteiger partial charge in [-0.25, -0.2) is 0 Å². The van der Waals surface area contributed by atoms with Crippen molar-refractivity contribution in [3.63, 3.8) is 0 Å². The fourth-order valence-electron chi connectivity index (χ4n) is 1.67. The molecule has 98 valence electrons. The lowest BCUT2D eigenvalue weighted by Gasteiger charge is -2.11. The minimum Gasteiger partial charge on any atom is -0.495 e. The van der Waals surface area contributed by atoms with Gasteiger partial charge in [0.25, 0.3) is 5.91 Å². The maximum absolute atomic E-state index is 12.1. The molecule has 0 fully saturated rings. The molecule has 1 amide bonds. The third-order valence-corrected chi connectivity index (χ3v) is 2.98. The third kappa shape index (κ3) is 2.80. The summed E-state index contributed by atoms with van der Waals surface area (Å²) >= 11 is 5.89. The Morgan fingerprint density at radius 3 is 2.68 bits per heavy atom. The number of anilines is 2. The van der Waals surface area contributed by atoms with Crippen LogP contribution in [0.2, 0.25) is 5.02 Å². The molecule has 0 aliphatic heterocycles. The quantitative estimate of drug-likeness (QED) is 0.846. The highest BCUT2D eigenvalue weighted by atomic mass is 35.5. The lowest BCUT2D eigenvalue weighted by atomic mass is 10.1. The van der Waals surface area contributed by atoms with Gasteiger partial charge in [-0.3, -0.25) is 4.79 Å². The number of para-hydroxylation sites is 3. The van der Waals surface area contributed by atoms with Gasteiger partial charge in [-0.15, -0.1) is 0 Å². The first-order valence-electron chi connectivity index (χ1n) is 5.62. The van der Waals surface area contributed by atoms with Crippen LogP contribution in [0, 0.1) is 0 Å². The van der Waals surface area contributed by atoms with Crippen molar-refractivity contribution >= 4 is 28.9 Å². The maximum atomic E-state index is 12.1. The highest BCUT2D eigenvalue weighted by Gasteiger charge is 2.13. The second-order valence-corrected chi connectivity index (χ2v) is 4.26. The fourth-order valence-corrected chi connectivity index (χ4v) is 1.85. The molecule has 0 heterocycles. The molecule has 4 nitrogen and oxygen atoms in total. The zero-order chi connectivity index (χ0) is 13.8. The molecule has 0 bridgehead atoms. The standard InChI is InChI=1S/C14H13ClN2O2/c1-19-12-8-3-2-7-11(12)17-14(18)9-5-4-6-10(15)13(9)16/h2-8H,16H2,1H3,(H,17,18). The van der Waals surface area contributed by atoms with Gasteiger partial charge in [0.05, 0.1) is 29.1 Å². The molecule has 0 saturated heterocycles. The summed E-state index contributed by atoms with van der Waals surface area (Å²) in [5.41, 5.74) is 6.95. The van der Waals surface area contributed by atoms with E-state index < -0.39 is 0 Å². The van der Waals surface area contributed by atoms with Crippen molar-refractivity contribution < 1.29 is 9.53 Å². The van der Waals surface area contributed by atoms with E-state index in [1.165, 1.54) is 0 Å². The molecule has 0 radical (unpaired) electrons. The summed E-state index contributed by atoms with van der Waals surface area (Å²) in [7, 11) is 1.54. The lowest BCUT2D eigenvalue weighted by Crippen LogP contribution is -2.14. The average Bonchev–Trinajstić information content (AvgIpc) is 2.42. The van der Waals surface area contributed by atoms with Gasteiger partial charge in [-0.1, -0.05) is 29.8 Å². The van der Waals surface area contributed by atoms with Crippen LogP contribution in [0.3, 0.4) is 0 Å². The lowest BCUT2D eigenvalue weighted by molar-refractivity contribution is 0.102. The summed E-state index contributed by atoms with van der Waals surface area (Å²) in [6.45, 7) is 0. The second kappa shape index (κ2) is 5.63. The van der Waals surface area contributed by atoms with Crippen LogP contribution in [0.15, 0.2) is 42.5 Å². The minimum atomic E-state index is -0.329. The first kappa shape index (κ1) is 13.2. The predicted molar refractivity (Wildman–Crippen MR) is 76.8 cm³/mol. The number of hydrogen-bond donors (Lipinski definition) is 2. The number of carbonyl (C=O) groups excluding carboxylic acids is 1. The van der Waals surface area contributed by atoms with E-state index in [0.29, 0.717) is 22.0 Å². The normalized spacial score (nSPS) is 10.0. The van der Waals surface area contributed by atoms with Crippen LogP contribution < -0.4 is 15.8 Å². The molecule has 5 heteroatoms. The number of amides is 1. The van der Waals surface area contributed by atoms with Gasteiger partial charge in [0.1, 0.15) is 5.75 Å². The number of nitrogens with two attached hydrogens (primary N) is 1. The topological polar surface area (TPSA) is 64.3 Å². The van der Waals surface area contributed by atoms with Gasteiger partial charge in [-0.2, -0.15) is 0 Å². The second-order valence-electron chi connectivity index (χ2n) is 3.86. The first-order chi connectivity index (χ1) is 9.13. The van der Waals surface area contributed by atoms with E-state index in [4.69, 9.17) is 22.1 Å². The van der Waals surface area contributed by atoms with Crippen molar-refractivity contribution in [2.45, 2.75) is 0 Å². The first-order valence-corrected chi connectivity index (χ1v) is 5.99. The molecule has 19 heavy (non-hydrogen) atoms. The van der Waals surface area contributed by atoms with Crippen molar-refractivity contribution in [1.82, 2.24) is 0 Å². The molecule has 0 aliphatic carbocycles. The van der Waals surface area contributed by atoms with Crippen molar-refractivity contribution in [2.24, 2.45) is 0 Å². The van der Waals surface area contributed by atoms with E-state index in [9.17, 15) is 4.79 Å². The van der Waals surface area contributed by atoms with Crippen molar-refractivity contribution in [3.05, 3.63) is 53.1 Å². The molecule has 0 aromatic heterocycles. The van der Waals surface area contributed by atoms with Crippen LogP contribution in [0.1, 0.15) is 10.4 Å². The van der Waals surface area contributed by atoms with Gasteiger partial charge in [-0.05, 0) is 24.3 Å². The largest absolute Gasteiger partial charge is 0.495 e. The van der Waals surface area contributed by atoms with E-state index >= 15 is 0 Å². The van der Waals surface area contributed by atoms with Gasteiger partial charge in [0.2, 0.25) is 0 Å². The summed E-state index contributed by atoms with van der Waals surface area (Å²) in [5, 5.41) is 3.10. The van der Waals surface area contributed by atoms with E-state index in [2.05, 4.69) is 5.32 Å². The monoisotopic (exact) mass is 276 g/mol. The molecule has 2 aromatic rings. The van der Waals surface area contributed by atoms with Crippen LogP contribution in [0.5, 0.6) is 5.75 Å². The SMILES string of the molecule is COc1ccccc1NC(=O)c1cccc(Cl)c1N. The average molecular weight is 277 g/mol. The van der Waals surface area contributed by atoms with E-state index in [0.717, 1.165) is 0 Å². The minimum absolute atomic E-state index is 0.261. The number of halogens is 1. The van der Waals surface area contributed by atoms with Crippen LogP contribution in [-0.2, 0) is 0 Å². The van der Waals surface area contributed by atoms with E-state index in [-0.39, 0.29) is 11.6 Å². The van der Waals surface area contributed by atoms with Crippen molar-refractivity contribution in [2.75, 3.05) is 18.2 Å². The molecule has 0 spiro atoms. The molecule has 0 saturated carbocycles. The number of carbonyl (C=O) groups is 1. The van der Waals surface area contributed by atoms with Crippen molar-refractivity contribution in [1.29, 1.82) is 0 Å². The molecule has 2 aromatic carbocycles. The zero-order valence-corrected chi connectivity index (χ0v) is 11.1. The Morgan fingerprint density at radius 1 is 1.21 bits per heavy atom. The number of benzene rings is 2. The smallest absolute Gasteiger partial charge is 0.257 e. The molecular weight excluding hydrogens is 264 g/mol. The van der Waals surface area contributed by atoms with E-state index in [1.54, 1.807) is 43.5 Å². The highest BCUT2D eigenvalue weighted by Crippen LogP contribution is 2.26. The molecule has 0 aliphatic rings. The Bertz CT molecular complexity index is 614. The fraction of sp³-hybridized carbons (Fsp3) is 0.0714. The number of nitrogens with one attached hydrogen (secondary N) is 1. The number of nitrogen functional groups attached to an aromatic ring is 1. The maximum Gasteiger partial charge on any atom is 0.257 e. The van der Waals surface area contributed by atoms with Crippen LogP contribution in [-0.4, -0.2) is 13.0 Å². The Morgan fingerprint density at radius 2 is 1.95 bits per heavy atom. The summed E-state index contributed by atoms with van der Waals surface area (Å²) in [4.78, 5) is 12.1. The highest BCUT2D eigenvalue weighted by molar-refractivity contribution is 6.34. The Labute approximate surface area is 116 Å². The van der Waals surface area contributed by atoms with Crippen LogP contribution >= 0.6 is 11.6 Å². The predicted octanol–water partition coefficient (Wildman–Crippen LogP) is 3.18. The Hall–Kier alpha value is -2.20. The summed E-state index contributed by atoms with van der Waals surface area (Å²) < 4.78 is 5.16. The number of hydrogen-bond acceptors (Lipinski definition) is 3. The summed E-state index contributed by atoms with van der Waals surface area (Å²) in [6.07, 6.45) is 0. The van der Waals surface area contributed by atoms with Crippen molar-refractivity contribution in [3.8, 4) is 5.75 Å². The summed E-state index contributed by atoms with van der Waals surface area (Å²) in [5.74, 6) is 0.251. The molecular formula is C14H13ClN2O2. The molecule has 0 atom stereocenters. The number of methoxy groups -OCH3 is 1. The molecule has 3 N–H and O–H groups in total. The zero-order valence-electron chi connectivity index (χ0n) is 10.3. The Kier molecular flexibility index (Phi) is 3.92. The summed E-state index contributed by atoms with van der Waals surface area (Å²) in [6, 6.07) is 12.1. The number of ether oxygens (including phenoxy) is 1. The van der Waals surface area contributed by atoms with Crippen LogP contribution in [0.25, 0.3) is 0 Å². The third-order valence-electron chi connectivity index (χ3n) is 2.65. The number of rotatable bonds is 3. The van der Waals surface area contributed by atoms with E-state index in [1.807, 2.05) is 6.07 Å². The van der Waals surface area contributed by atoms with Gasteiger partial charge < -0.3 is 15.8 Å². The van der Waals surface area contributed by atoms with Gasteiger partial charge in [0.15, 0.2) is 0 Å². The Balaban J connectivity index is 2.28.